The number of aryl methyl sites for hydroxylation is 1. The Morgan fingerprint density at radius 1 is 1.25 bits per heavy atom. The molecule has 3 aliphatic rings. The molecule has 2 aliphatic carbocycles. The van der Waals surface area contributed by atoms with E-state index in [9.17, 15) is 9.59 Å². The van der Waals surface area contributed by atoms with Crippen molar-refractivity contribution < 1.29 is 9.53 Å². The van der Waals surface area contributed by atoms with E-state index in [1.807, 2.05) is 32.1 Å². The third-order valence-corrected chi connectivity index (χ3v) is 8.22. The first-order valence-electron chi connectivity index (χ1n) is 11.9. The van der Waals surface area contributed by atoms with Crippen molar-refractivity contribution in [1.29, 1.82) is 0 Å². The van der Waals surface area contributed by atoms with Crippen molar-refractivity contribution in [2.24, 2.45) is 0 Å². The molecular formula is C25H33N3O3S. The van der Waals surface area contributed by atoms with Crippen molar-refractivity contribution in [3.05, 3.63) is 49.3 Å². The normalized spacial score (nSPS) is 20.7. The summed E-state index contributed by atoms with van der Waals surface area (Å²) >= 11 is 1.83. The van der Waals surface area contributed by atoms with Gasteiger partial charge in [0.05, 0.1) is 23.2 Å². The first kappa shape index (κ1) is 21.7. The molecule has 3 heterocycles. The average Bonchev–Trinajstić information content (AvgIpc) is 3.15. The fourth-order valence-electron chi connectivity index (χ4n) is 5.13. The van der Waals surface area contributed by atoms with E-state index in [2.05, 4.69) is 16.4 Å². The maximum absolute atomic E-state index is 13.1. The molecule has 32 heavy (non-hydrogen) atoms. The zero-order valence-electron chi connectivity index (χ0n) is 19.3. The lowest BCUT2D eigenvalue weighted by Crippen LogP contribution is -2.37. The Balaban J connectivity index is 1.41. The van der Waals surface area contributed by atoms with E-state index in [4.69, 9.17) is 9.72 Å². The Morgan fingerprint density at radius 2 is 2.00 bits per heavy atom. The lowest BCUT2D eigenvalue weighted by Gasteiger charge is -2.26. The lowest BCUT2D eigenvalue weighted by molar-refractivity contribution is 0.0236. The topological polar surface area (TPSA) is 75.3 Å². The first-order chi connectivity index (χ1) is 15.2. The van der Waals surface area contributed by atoms with Crippen molar-refractivity contribution in [3.63, 3.8) is 0 Å². The minimum absolute atomic E-state index is 0.112. The van der Waals surface area contributed by atoms with Gasteiger partial charge < -0.3 is 14.6 Å². The molecule has 0 radical (unpaired) electrons. The van der Waals surface area contributed by atoms with Gasteiger partial charge in [-0.15, -0.1) is 11.3 Å². The van der Waals surface area contributed by atoms with Gasteiger partial charge in [0, 0.05) is 11.4 Å². The second-order valence-electron chi connectivity index (χ2n) is 10.7. The highest BCUT2D eigenvalue weighted by molar-refractivity contribution is 7.10. The summed E-state index contributed by atoms with van der Waals surface area (Å²) in [6, 6.07) is 2.38. The van der Waals surface area contributed by atoms with E-state index in [0.29, 0.717) is 24.4 Å². The first-order valence-corrected chi connectivity index (χ1v) is 12.8. The Bertz CT molecular complexity index is 1070. The summed E-state index contributed by atoms with van der Waals surface area (Å²) in [7, 11) is 0. The number of nitrogens with one attached hydrogen (secondary N) is 1. The predicted molar refractivity (Wildman–Crippen MR) is 125 cm³/mol. The van der Waals surface area contributed by atoms with E-state index in [1.54, 1.807) is 4.90 Å². The van der Waals surface area contributed by atoms with Crippen molar-refractivity contribution >= 4 is 17.4 Å². The van der Waals surface area contributed by atoms with Crippen LogP contribution in [0, 0.1) is 0 Å². The third-order valence-electron chi connectivity index (χ3n) is 7.06. The maximum atomic E-state index is 13.1. The fourth-order valence-corrected chi connectivity index (χ4v) is 6.38. The summed E-state index contributed by atoms with van der Waals surface area (Å²) in [6.45, 7) is 6.39. The SMILES string of the molecule is CC(C)(C)OC(=O)N1CCCc2nc(C3(c4cc(C5CCCC5)cs4)CC3)[nH]c(=O)c2C1. The third kappa shape index (κ3) is 4.12. The Kier molecular flexibility index (Phi) is 5.43. The quantitative estimate of drug-likeness (QED) is 0.686. The Hall–Kier alpha value is -2.15. The summed E-state index contributed by atoms with van der Waals surface area (Å²) in [5.74, 6) is 1.51. The van der Waals surface area contributed by atoms with Crippen molar-refractivity contribution in [2.45, 2.75) is 95.6 Å². The number of hydrogen-bond acceptors (Lipinski definition) is 5. The standard InChI is InChI=1S/C25H33N3O3S/c1-24(2,3)31-23(30)28-12-6-9-19-18(14-28)21(29)27-22(26-19)25(10-11-25)20-13-17(15-32-20)16-7-4-5-8-16/h13,15-16H,4-12,14H2,1-3H3,(H,26,27,29). The van der Waals surface area contributed by atoms with Gasteiger partial charge in [-0.1, -0.05) is 12.8 Å². The number of hydrogen-bond donors (Lipinski definition) is 1. The zero-order chi connectivity index (χ0) is 22.5. The molecule has 172 valence electrons. The minimum Gasteiger partial charge on any atom is -0.444 e. The Labute approximate surface area is 193 Å². The summed E-state index contributed by atoms with van der Waals surface area (Å²) in [4.78, 5) is 36.8. The van der Waals surface area contributed by atoms with Crippen LogP contribution >= 0.6 is 11.3 Å². The van der Waals surface area contributed by atoms with Crippen molar-refractivity contribution in [1.82, 2.24) is 14.9 Å². The molecule has 2 aromatic rings. The molecule has 2 aromatic heterocycles. The number of aromatic amines is 1. The van der Waals surface area contributed by atoms with Gasteiger partial charge in [0.25, 0.3) is 5.56 Å². The summed E-state index contributed by atoms with van der Waals surface area (Å²) in [6.07, 6.45) is 8.44. The number of carbonyl (C=O) groups is 1. The lowest BCUT2D eigenvalue weighted by atomic mass is 9.97. The molecule has 0 unspecified atom stereocenters. The van der Waals surface area contributed by atoms with Crippen molar-refractivity contribution in [2.75, 3.05) is 6.54 Å². The van der Waals surface area contributed by atoms with Crippen LogP contribution in [-0.2, 0) is 23.1 Å². The van der Waals surface area contributed by atoms with Gasteiger partial charge in [-0.2, -0.15) is 0 Å². The van der Waals surface area contributed by atoms with Gasteiger partial charge in [0.2, 0.25) is 0 Å². The van der Waals surface area contributed by atoms with Gasteiger partial charge in [-0.3, -0.25) is 4.79 Å². The number of H-pyrrole nitrogens is 1. The molecule has 2 fully saturated rings. The molecule has 1 aliphatic heterocycles. The summed E-state index contributed by atoms with van der Waals surface area (Å²) in [5.41, 5.74) is 2.11. The predicted octanol–water partition coefficient (Wildman–Crippen LogP) is 5.25. The molecule has 0 aromatic carbocycles. The van der Waals surface area contributed by atoms with E-state index >= 15 is 0 Å². The number of ether oxygens (including phenoxy) is 1. The smallest absolute Gasteiger partial charge is 0.410 e. The molecule has 0 saturated heterocycles. The van der Waals surface area contributed by atoms with E-state index in [-0.39, 0.29) is 23.6 Å². The summed E-state index contributed by atoms with van der Waals surface area (Å²) in [5, 5.41) is 2.33. The minimum atomic E-state index is -0.558. The van der Waals surface area contributed by atoms with Gasteiger partial charge in [0.15, 0.2) is 0 Å². The molecule has 1 N–H and O–H groups in total. The van der Waals surface area contributed by atoms with E-state index in [1.165, 1.54) is 36.1 Å². The highest BCUT2D eigenvalue weighted by Crippen LogP contribution is 2.54. The summed E-state index contributed by atoms with van der Waals surface area (Å²) < 4.78 is 5.53. The van der Waals surface area contributed by atoms with Crippen molar-refractivity contribution in [3.8, 4) is 0 Å². The Morgan fingerprint density at radius 3 is 2.69 bits per heavy atom. The van der Waals surface area contributed by atoms with Gasteiger partial charge in [-0.25, -0.2) is 9.78 Å². The molecular weight excluding hydrogens is 422 g/mol. The monoisotopic (exact) mass is 455 g/mol. The molecule has 0 atom stereocenters. The van der Waals surface area contributed by atoms with Crippen LogP contribution in [0.15, 0.2) is 16.2 Å². The van der Waals surface area contributed by atoms with Crippen LogP contribution in [0.4, 0.5) is 4.79 Å². The largest absolute Gasteiger partial charge is 0.444 e. The highest BCUT2D eigenvalue weighted by atomic mass is 32.1. The van der Waals surface area contributed by atoms with Crippen LogP contribution in [0.3, 0.4) is 0 Å². The number of carbonyl (C=O) groups excluding carboxylic acids is 1. The van der Waals surface area contributed by atoms with E-state index in [0.717, 1.165) is 30.8 Å². The van der Waals surface area contributed by atoms with Crippen LogP contribution in [0.2, 0.25) is 0 Å². The molecule has 5 rings (SSSR count). The molecule has 6 nitrogen and oxygen atoms in total. The van der Waals surface area contributed by atoms with Crippen LogP contribution in [0.25, 0.3) is 0 Å². The number of thiophene rings is 1. The number of aromatic nitrogens is 2. The zero-order valence-corrected chi connectivity index (χ0v) is 20.1. The van der Waals surface area contributed by atoms with Gasteiger partial charge in [-0.05, 0) is 82.2 Å². The van der Waals surface area contributed by atoms with Gasteiger partial charge in [0.1, 0.15) is 11.4 Å². The van der Waals surface area contributed by atoms with E-state index < -0.39 is 5.60 Å². The van der Waals surface area contributed by atoms with Gasteiger partial charge >= 0.3 is 6.09 Å². The molecule has 7 heteroatoms. The van der Waals surface area contributed by atoms with Crippen LogP contribution < -0.4 is 5.56 Å². The number of fused-ring (bicyclic) bond motifs is 1. The number of nitrogens with zero attached hydrogens (tertiary/aromatic N) is 2. The molecule has 0 bridgehead atoms. The molecule has 2 saturated carbocycles. The molecule has 0 spiro atoms. The van der Waals surface area contributed by atoms with Crippen LogP contribution in [0.1, 0.15) is 99.2 Å². The highest BCUT2D eigenvalue weighted by Gasteiger charge is 2.50. The average molecular weight is 456 g/mol. The number of amides is 1. The van der Waals surface area contributed by atoms with Crippen LogP contribution in [0.5, 0.6) is 0 Å². The van der Waals surface area contributed by atoms with Crippen LogP contribution in [-0.4, -0.2) is 33.1 Å². The second-order valence-corrected chi connectivity index (χ2v) is 11.6. The maximum Gasteiger partial charge on any atom is 0.410 e. The molecule has 1 amide bonds. The fraction of sp³-hybridized carbons (Fsp3) is 0.640. The number of rotatable bonds is 3. The second kappa shape index (κ2) is 8.01.